The van der Waals surface area contributed by atoms with E-state index in [-0.39, 0.29) is 5.91 Å². The minimum Gasteiger partial charge on any atom is -0.334 e. The summed E-state index contributed by atoms with van der Waals surface area (Å²) in [5, 5.41) is 7.39. The van der Waals surface area contributed by atoms with E-state index in [0.29, 0.717) is 38.8 Å². The highest BCUT2D eigenvalue weighted by atomic mass is 19.4. The topological polar surface area (TPSA) is 77.6 Å². The fraction of sp³-hybridized carbons (Fsp3) is 0.130. The normalized spacial score (nSPS) is 11.9. The Morgan fingerprint density at radius 3 is 2.79 bits per heavy atom. The fourth-order valence-electron chi connectivity index (χ4n) is 3.77. The fourth-order valence-corrected chi connectivity index (χ4v) is 3.77. The highest BCUT2D eigenvalue weighted by Crippen LogP contribution is 2.31. The third kappa shape index (κ3) is 4.02. The maximum atomic E-state index is 12.9. The highest BCUT2D eigenvalue weighted by molar-refractivity contribution is 6.10. The molecule has 0 radical (unpaired) electrons. The van der Waals surface area contributed by atoms with Crippen LogP contribution in [0, 0.1) is 0 Å². The lowest BCUT2D eigenvalue weighted by Gasteiger charge is -2.10. The summed E-state index contributed by atoms with van der Waals surface area (Å²) in [5.74, 6) is -0.319. The van der Waals surface area contributed by atoms with E-state index < -0.39 is 12.7 Å². The number of fused-ring (bicyclic) bond motifs is 2. The molecule has 2 aromatic carbocycles. The molecule has 0 fully saturated rings. The number of hydrogen-bond donors (Lipinski definition) is 1. The second-order valence-corrected chi connectivity index (χ2v) is 7.62. The first-order valence-corrected chi connectivity index (χ1v) is 9.98. The lowest BCUT2D eigenvalue weighted by molar-refractivity contribution is -0.142. The number of alkyl halides is 3. The number of carbonyl (C=O) groups excluding carboxylic acids is 1. The number of rotatable bonds is 4. The predicted octanol–water partition coefficient (Wildman–Crippen LogP) is 4.80. The summed E-state index contributed by atoms with van der Waals surface area (Å²) < 4.78 is 40.8. The SMILES string of the molecule is Cn1cnc2cc(C(=O)Nc3cccc4c(-c5cnn(CC(F)(F)F)c5)ccnc34)ccc21. The zero-order valence-corrected chi connectivity index (χ0v) is 17.3. The number of hydrogen-bond acceptors (Lipinski definition) is 4. The number of anilines is 1. The number of halogens is 3. The molecule has 1 amide bonds. The summed E-state index contributed by atoms with van der Waals surface area (Å²) >= 11 is 0. The summed E-state index contributed by atoms with van der Waals surface area (Å²) in [6, 6.07) is 12.2. The van der Waals surface area contributed by atoms with E-state index in [1.165, 1.54) is 12.4 Å². The van der Waals surface area contributed by atoms with E-state index in [1.807, 2.05) is 17.7 Å². The van der Waals surface area contributed by atoms with Crippen molar-refractivity contribution >= 4 is 33.5 Å². The smallest absolute Gasteiger partial charge is 0.334 e. The maximum Gasteiger partial charge on any atom is 0.408 e. The monoisotopic (exact) mass is 450 g/mol. The second kappa shape index (κ2) is 7.73. The first-order valence-electron chi connectivity index (χ1n) is 9.98. The number of imidazole rings is 1. The quantitative estimate of drug-likeness (QED) is 0.427. The van der Waals surface area contributed by atoms with Gasteiger partial charge in [-0.2, -0.15) is 18.3 Å². The lowest BCUT2D eigenvalue weighted by atomic mass is 10.0. The van der Waals surface area contributed by atoms with Crippen LogP contribution >= 0.6 is 0 Å². The van der Waals surface area contributed by atoms with Gasteiger partial charge in [0, 0.05) is 36.0 Å². The molecule has 0 bridgehead atoms. The van der Waals surface area contributed by atoms with Crippen LogP contribution in [-0.4, -0.2) is 36.4 Å². The highest BCUT2D eigenvalue weighted by Gasteiger charge is 2.28. The Bertz CT molecular complexity index is 1500. The molecular formula is C23H17F3N6O. The van der Waals surface area contributed by atoms with E-state index >= 15 is 0 Å². The van der Waals surface area contributed by atoms with Crippen LogP contribution in [0.25, 0.3) is 33.1 Å². The molecule has 10 heteroatoms. The summed E-state index contributed by atoms with van der Waals surface area (Å²) in [6.07, 6.45) is 1.59. The number of amides is 1. The van der Waals surface area contributed by atoms with E-state index in [0.717, 1.165) is 10.2 Å². The lowest BCUT2D eigenvalue weighted by Crippen LogP contribution is -2.17. The van der Waals surface area contributed by atoms with Gasteiger partial charge in [-0.05, 0) is 35.9 Å². The van der Waals surface area contributed by atoms with Gasteiger partial charge in [0.1, 0.15) is 6.54 Å². The number of nitrogens with one attached hydrogen (secondary N) is 1. The minimum absolute atomic E-state index is 0.319. The van der Waals surface area contributed by atoms with Gasteiger partial charge in [0.2, 0.25) is 0 Å². The first kappa shape index (κ1) is 20.7. The van der Waals surface area contributed by atoms with Gasteiger partial charge in [0.05, 0.1) is 34.8 Å². The summed E-state index contributed by atoms with van der Waals surface area (Å²) in [7, 11) is 1.88. The molecule has 33 heavy (non-hydrogen) atoms. The van der Waals surface area contributed by atoms with Crippen LogP contribution < -0.4 is 5.32 Å². The average Bonchev–Trinajstić information content (AvgIpc) is 3.38. The molecule has 166 valence electrons. The summed E-state index contributed by atoms with van der Waals surface area (Å²) in [6.45, 7) is -1.17. The Morgan fingerprint density at radius 1 is 1.12 bits per heavy atom. The second-order valence-electron chi connectivity index (χ2n) is 7.62. The molecular weight excluding hydrogens is 433 g/mol. The third-order valence-corrected chi connectivity index (χ3v) is 5.29. The standard InChI is InChI=1S/C23H17F3N6O/c1-31-13-28-19-9-14(5-6-20(19)31)22(33)30-18-4-2-3-17-16(7-8-27-21(17)18)15-10-29-32(11-15)12-23(24,25)26/h2-11,13H,12H2,1H3,(H,30,33). The van der Waals surface area contributed by atoms with Crippen molar-refractivity contribution in [2.24, 2.45) is 7.05 Å². The molecule has 1 N–H and O–H groups in total. The average molecular weight is 450 g/mol. The number of carbonyl (C=O) groups is 1. The van der Waals surface area contributed by atoms with Crippen molar-refractivity contribution in [3.8, 4) is 11.1 Å². The molecule has 0 atom stereocenters. The Morgan fingerprint density at radius 2 is 1.97 bits per heavy atom. The van der Waals surface area contributed by atoms with Gasteiger partial charge in [-0.3, -0.25) is 14.5 Å². The number of benzene rings is 2. The van der Waals surface area contributed by atoms with Crippen molar-refractivity contribution in [2.75, 3.05) is 5.32 Å². The molecule has 0 spiro atoms. The van der Waals surface area contributed by atoms with Crippen LogP contribution in [0.4, 0.5) is 18.9 Å². The number of nitrogens with zero attached hydrogens (tertiary/aromatic N) is 5. The molecule has 0 aliphatic rings. The van der Waals surface area contributed by atoms with Gasteiger partial charge in [0.25, 0.3) is 5.91 Å². The van der Waals surface area contributed by atoms with Gasteiger partial charge in [-0.25, -0.2) is 4.98 Å². The molecule has 3 heterocycles. The zero-order valence-electron chi connectivity index (χ0n) is 17.3. The molecule has 3 aromatic heterocycles. The van der Waals surface area contributed by atoms with Crippen LogP contribution in [-0.2, 0) is 13.6 Å². The molecule has 7 nitrogen and oxygen atoms in total. The number of aromatic nitrogens is 5. The van der Waals surface area contributed by atoms with Gasteiger partial charge in [-0.1, -0.05) is 12.1 Å². The van der Waals surface area contributed by atoms with E-state index in [1.54, 1.807) is 48.9 Å². The molecule has 0 saturated heterocycles. The largest absolute Gasteiger partial charge is 0.408 e. The molecule has 5 rings (SSSR count). The summed E-state index contributed by atoms with van der Waals surface area (Å²) in [4.78, 5) is 21.6. The molecule has 0 saturated carbocycles. The number of pyridine rings is 1. The van der Waals surface area contributed by atoms with Crippen molar-refractivity contribution < 1.29 is 18.0 Å². The Balaban J connectivity index is 1.48. The molecule has 0 aliphatic carbocycles. The van der Waals surface area contributed by atoms with Gasteiger partial charge in [0.15, 0.2) is 0 Å². The van der Waals surface area contributed by atoms with E-state index in [2.05, 4.69) is 20.4 Å². The van der Waals surface area contributed by atoms with Crippen molar-refractivity contribution in [1.29, 1.82) is 0 Å². The first-order chi connectivity index (χ1) is 15.8. The zero-order chi connectivity index (χ0) is 23.2. The molecule has 5 aromatic rings. The maximum absolute atomic E-state index is 12.9. The van der Waals surface area contributed by atoms with Crippen LogP contribution in [0.5, 0.6) is 0 Å². The minimum atomic E-state index is -4.36. The van der Waals surface area contributed by atoms with Crippen LogP contribution in [0.2, 0.25) is 0 Å². The van der Waals surface area contributed by atoms with E-state index in [4.69, 9.17) is 0 Å². The van der Waals surface area contributed by atoms with Crippen molar-refractivity contribution in [3.05, 3.63) is 72.9 Å². The van der Waals surface area contributed by atoms with E-state index in [9.17, 15) is 18.0 Å². The molecule has 0 aliphatic heterocycles. The predicted molar refractivity (Wildman–Crippen MR) is 118 cm³/mol. The van der Waals surface area contributed by atoms with Crippen LogP contribution in [0.3, 0.4) is 0 Å². The molecule has 0 unspecified atom stereocenters. The Labute approximate surface area is 185 Å². The van der Waals surface area contributed by atoms with Crippen LogP contribution in [0.15, 0.2) is 67.4 Å². The van der Waals surface area contributed by atoms with Crippen LogP contribution in [0.1, 0.15) is 10.4 Å². The van der Waals surface area contributed by atoms with Crippen molar-refractivity contribution in [3.63, 3.8) is 0 Å². The summed E-state index contributed by atoms with van der Waals surface area (Å²) in [5.41, 5.74) is 4.26. The Kier molecular flexibility index (Phi) is 4.85. The Hall–Kier alpha value is -4.21. The van der Waals surface area contributed by atoms with Crippen molar-refractivity contribution in [2.45, 2.75) is 12.7 Å². The number of aryl methyl sites for hydroxylation is 1. The number of para-hydroxylation sites is 1. The van der Waals surface area contributed by atoms with Gasteiger partial charge in [-0.15, -0.1) is 0 Å². The van der Waals surface area contributed by atoms with Gasteiger partial charge < -0.3 is 9.88 Å². The third-order valence-electron chi connectivity index (χ3n) is 5.29. The van der Waals surface area contributed by atoms with Gasteiger partial charge >= 0.3 is 6.18 Å². The van der Waals surface area contributed by atoms with Crippen molar-refractivity contribution in [1.82, 2.24) is 24.3 Å².